The Kier molecular flexibility index (Phi) is 4.85. The molecule has 1 amide bonds. The molecule has 1 saturated heterocycles. The van der Waals surface area contributed by atoms with E-state index in [2.05, 4.69) is 4.90 Å². The number of carbonyl (C=O) groups excluding carboxylic acids is 1. The number of ether oxygens (including phenoxy) is 1. The molecule has 3 aliphatic carbocycles. The molecule has 2 aromatic carbocycles. The van der Waals surface area contributed by atoms with Gasteiger partial charge in [0.2, 0.25) is 5.91 Å². The summed E-state index contributed by atoms with van der Waals surface area (Å²) >= 11 is 0. The fourth-order valence-electron chi connectivity index (χ4n) is 8.21. The van der Waals surface area contributed by atoms with Crippen molar-refractivity contribution in [2.45, 2.75) is 80.6 Å². The summed E-state index contributed by atoms with van der Waals surface area (Å²) in [5, 5.41) is 23.5. The standard InChI is InChI=1S/C30H36N2O4/c1-18(20-6-4-3-5-7-20)28(34)31(2)22-12-13-30(35)24-16-21-10-11-23(33)26-25(21)29(30,27(22)36-26)14-15-32(24)17-19-8-9-19/h3-7,10-11,18-19,22,24,27,33,35H,8-9,12-17H2,1-2H3/t18-,22+,24-,27+,29+,30-/m1/s1. The minimum atomic E-state index is -0.928. The first-order chi connectivity index (χ1) is 17.3. The number of aromatic hydroxyl groups is 1. The Hall–Kier alpha value is -2.57. The predicted octanol–water partition coefficient (Wildman–Crippen LogP) is 3.59. The van der Waals surface area contributed by atoms with Crippen molar-refractivity contribution in [1.29, 1.82) is 0 Å². The van der Waals surface area contributed by atoms with Gasteiger partial charge in [0.25, 0.3) is 0 Å². The number of amides is 1. The molecular formula is C30H36N2O4. The molecule has 6 atom stereocenters. The van der Waals surface area contributed by atoms with Gasteiger partial charge in [-0.1, -0.05) is 36.4 Å². The van der Waals surface area contributed by atoms with Crippen LogP contribution in [0.2, 0.25) is 0 Å². The maximum atomic E-state index is 13.7. The van der Waals surface area contributed by atoms with Gasteiger partial charge in [-0.05, 0) is 75.1 Å². The molecule has 2 bridgehead atoms. The van der Waals surface area contributed by atoms with Crippen LogP contribution in [0.25, 0.3) is 0 Å². The van der Waals surface area contributed by atoms with E-state index in [1.807, 2.05) is 55.3 Å². The summed E-state index contributed by atoms with van der Waals surface area (Å²) in [4.78, 5) is 18.1. The van der Waals surface area contributed by atoms with E-state index in [9.17, 15) is 15.0 Å². The predicted molar refractivity (Wildman–Crippen MR) is 136 cm³/mol. The molecule has 1 spiro atoms. The van der Waals surface area contributed by atoms with Crippen LogP contribution >= 0.6 is 0 Å². The molecule has 5 aliphatic rings. The quantitative estimate of drug-likeness (QED) is 0.673. The van der Waals surface area contributed by atoms with Gasteiger partial charge in [0, 0.05) is 25.2 Å². The number of nitrogens with zero attached hydrogens (tertiary/aromatic N) is 2. The van der Waals surface area contributed by atoms with Gasteiger partial charge >= 0.3 is 0 Å². The third-order valence-electron chi connectivity index (χ3n) is 10.2. The van der Waals surface area contributed by atoms with Crippen molar-refractivity contribution < 1.29 is 19.7 Å². The van der Waals surface area contributed by atoms with Crippen molar-refractivity contribution in [2.75, 3.05) is 20.1 Å². The number of rotatable bonds is 5. The summed E-state index contributed by atoms with van der Waals surface area (Å²) in [6.45, 7) is 3.95. The number of hydrogen-bond donors (Lipinski definition) is 2. The van der Waals surface area contributed by atoms with E-state index in [4.69, 9.17) is 4.74 Å². The molecule has 36 heavy (non-hydrogen) atoms. The Balaban J connectivity index is 1.29. The molecule has 3 fully saturated rings. The van der Waals surface area contributed by atoms with Crippen LogP contribution < -0.4 is 4.74 Å². The summed E-state index contributed by atoms with van der Waals surface area (Å²) < 4.78 is 6.65. The minimum absolute atomic E-state index is 0.0474. The Morgan fingerprint density at radius 3 is 2.69 bits per heavy atom. The zero-order chi connectivity index (χ0) is 24.8. The normalized spacial score (nSPS) is 35.0. The molecule has 7 rings (SSSR count). The Morgan fingerprint density at radius 2 is 1.94 bits per heavy atom. The first kappa shape index (κ1) is 22.6. The van der Waals surface area contributed by atoms with Crippen LogP contribution in [0.4, 0.5) is 0 Å². The molecule has 0 unspecified atom stereocenters. The number of phenolic OH excluding ortho intramolecular Hbond substituents is 1. The van der Waals surface area contributed by atoms with Crippen molar-refractivity contribution in [3.05, 3.63) is 59.2 Å². The van der Waals surface area contributed by atoms with Crippen LogP contribution in [0.5, 0.6) is 11.5 Å². The van der Waals surface area contributed by atoms with Crippen LogP contribution in [-0.2, 0) is 16.6 Å². The van der Waals surface area contributed by atoms with Gasteiger partial charge in [-0.15, -0.1) is 0 Å². The van der Waals surface area contributed by atoms with Crippen molar-refractivity contribution in [3.8, 4) is 11.5 Å². The van der Waals surface area contributed by atoms with Gasteiger partial charge in [-0.2, -0.15) is 0 Å². The summed E-state index contributed by atoms with van der Waals surface area (Å²) in [6, 6.07) is 13.6. The number of piperidine rings is 1. The van der Waals surface area contributed by atoms with Crippen molar-refractivity contribution >= 4 is 5.91 Å². The summed E-state index contributed by atoms with van der Waals surface area (Å²) in [7, 11) is 1.89. The van der Waals surface area contributed by atoms with E-state index in [1.165, 1.54) is 18.4 Å². The molecule has 2 N–H and O–H groups in total. The largest absolute Gasteiger partial charge is 0.504 e. The van der Waals surface area contributed by atoms with Crippen molar-refractivity contribution in [1.82, 2.24) is 9.80 Å². The third-order valence-corrected chi connectivity index (χ3v) is 10.2. The molecule has 0 aromatic heterocycles. The fourth-order valence-corrected chi connectivity index (χ4v) is 8.21. The van der Waals surface area contributed by atoms with Crippen LogP contribution in [0.15, 0.2) is 42.5 Å². The van der Waals surface area contributed by atoms with E-state index >= 15 is 0 Å². The average molecular weight is 489 g/mol. The second-order valence-corrected chi connectivity index (χ2v) is 12.0. The van der Waals surface area contributed by atoms with Gasteiger partial charge in [0.15, 0.2) is 11.5 Å². The lowest BCUT2D eigenvalue weighted by Crippen LogP contribution is -2.78. The Morgan fingerprint density at radius 1 is 1.17 bits per heavy atom. The molecule has 6 heteroatoms. The topological polar surface area (TPSA) is 73.2 Å². The van der Waals surface area contributed by atoms with Crippen LogP contribution in [0, 0.1) is 5.92 Å². The number of likely N-dealkylation sites (N-methyl/N-ethyl adjacent to an activating group) is 1. The number of aliphatic hydroxyl groups is 1. The first-order valence-electron chi connectivity index (χ1n) is 13.6. The van der Waals surface area contributed by atoms with Crippen LogP contribution in [0.3, 0.4) is 0 Å². The lowest BCUT2D eigenvalue weighted by atomic mass is 9.48. The molecule has 190 valence electrons. The average Bonchev–Trinajstić information content (AvgIpc) is 3.63. The molecule has 6 nitrogen and oxygen atoms in total. The van der Waals surface area contributed by atoms with Crippen molar-refractivity contribution in [2.24, 2.45) is 5.92 Å². The lowest BCUT2D eigenvalue weighted by Gasteiger charge is -2.64. The van der Waals surface area contributed by atoms with Gasteiger partial charge in [0.05, 0.1) is 23.0 Å². The number of hydrogen-bond acceptors (Lipinski definition) is 5. The van der Waals surface area contributed by atoms with E-state index in [-0.39, 0.29) is 35.8 Å². The Labute approximate surface area is 212 Å². The summed E-state index contributed by atoms with van der Waals surface area (Å²) in [5.74, 6) is 1.24. The van der Waals surface area contributed by atoms with E-state index in [1.54, 1.807) is 6.07 Å². The maximum Gasteiger partial charge on any atom is 0.229 e. The molecule has 2 aliphatic heterocycles. The van der Waals surface area contributed by atoms with Crippen molar-refractivity contribution in [3.63, 3.8) is 0 Å². The molecule has 2 aromatic rings. The number of benzene rings is 2. The van der Waals surface area contributed by atoms with Gasteiger partial charge in [0.1, 0.15) is 6.10 Å². The molecule has 2 saturated carbocycles. The number of likely N-dealkylation sites (tertiary alicyclic amines) is 1. The van der Waals surface area contributed by atoms with Gasteiger partial charge in [-0.25, -0.2) is 0 Å². The maximum absolute atomic E-state index is 13.7. The molecule has 0 radical (unpaired) electrons. The highest BCUT2D eigenvalue weighted by Gasteiger charge is 2.73. The number of carbonyl (C=O) groups is 1. The smallest absolute Gasteiger partial charge is 0.229 e. The second kappa shape index (κ2) is 7.72. The fraction of sp³-hybridized carbons (Fsp3) is 0.567. The van der Waals surface area contributed by atoms with Crippen LogP contribution in [0.1, 0.15) is 61.6 Å². The van der Waals surface area contributed by atoms with E-state index in [0.717, 1.165) is 43.0 Å². The van der Waals surface area contributed by atoms with Gasteiger partial charge in [-0.3, -0.25) is 9.69 Å². The van der Waals surface area contributed by atoms with E-state index in [0.29, 0.717) is 18.6 Å². The van der Waals surface area contributed by atoms with E-state index < -0.39 is 11.0 Å². The van der Waals surface area contributed by atoms with Crippen LogP contribution in [-0.4, -0.2) is 69.8 Å². The SMILES string of the molecule is C[C@@H](C(=O)N(C)[C@H]1CC[C@@]2(O)[C@H]3Cc4ccc(O)c5c4[C@@]2(CCN3CC2CC2)[C@H]1O5)c1ccccc1. The molecular weight excluding hydrogens is 452 g/mol. The Bertz CT molecular complexity index is 1210. The summed E-state index contributed by atoms with van der Waals surface area (Å²) in [6.07, 6.45) is 5.10. The zero-order valence-corrected chi connectivity index (χ0v) is 21.2. The lowest BCUT2D eigenvalue weighted by molar-refractivity contribution is -0.200. The highest BCUT2D eigenvalue weighted by molar-refractivity contribution is 5.83. The monoisotopic (exact) mass is 488 g/mol. The number of phenols is 1. The highest BCUT2D eigenvalue weighted by Crippen LogP contribution is 2.66. The second-order valence-electron chi connectivity index (χ2n) is 12.0. The minimum Gasteiger partial charge on any atom is -0.504 e. The highest BCUT2D eigenvalue weighted by atomic mass is 16.5. The zero-order valence-electron chi connectivity index (χ0n) is 21.2. The summed E-state index contributed by atoms with van der Waals surface area (Å²) in [5.41, 5.74) is 1.67. The van der Waals surface area contributed by atoms with Gasteiger partial charge < -0.3 is 19.8 Å². The first-order valence-corrected chi connectivity index (χ1v) is 13.6. The molecule has 2 heterocycles. The third kappa shape index (κ3) is 2.89.